The van der Waals surface area contributed by atoms with Crippen molar-refractivity contribution in [1.29, 1.82) is 0 Å². The molecular formula is C20H12ClF6N5O. The topological polar surface area (TPSA) is 76.7 Å². The van der Waals surface area contributed by atoms with Crippen LogP contribution in [0.2, 0.25) is 5.02 Å². The average Bonchev–Trinajstić information content (AvgIpc) is 3.25. The molecule has 0 aliphatic carbocycles. The van der Waals surface area contributed by atoms with Gasteiger partial charge in [0, 0.05) is 16.0 Å². The predicted molar refractivity (Wildman–Crippen MR) is 104 cm³/mol. The Labute approximate surface area is 186 Å². The number of halogens is 7. The Hall–Kier alpha value is -3.25. The lowest BCUT2D eigenvalue weighted by Crippen LogP contribution is -2.48. The molecule has 0 bridgehead atoms. The van der Waals surface area contributed by atoms with Gasteiger partial charge in [0.25, 0.3) is 0 Å². The fourth-order valence-electron chi connectivity index (χ4n) is 3.35. The normalized spacial score (nSPS) is 14.4. The number of alkyl halides is 5. The largest absolute Gasteiger partial charge is 0.416 e. The van der Waals surface area contributed by atoms with Crippen LogP contribution in [-0.4, -0.2) is 30.3 Å². The van der Waals surface area contributed by atoms with Gasteiger partial charge in [-0.15, -0.1) is 5.10 Å². The molecule has 0 saturated carbocycles. The third-order valence-corrected chi connectivity index (χ3v) is 5.25. The molecule has 0 fully saturated rings. The fourth-order valence-corrected chi connectivity index (χ4v) is 3.53. The molecule has 4 rings (SSSR count). The van der Waals surface area contributed by atoms with Gasteiger partial charge in [-0.1, -0.05) is 23.7 Å². The zero-order valence-corrected chi connectivity index (χ0v) is 17.0. The number of hydrogen-bond donors (Lipinski definition) is 1. The first-order chi connectivity index (χ1) is 15.4. The molecule has 0 saturated heterocycles. The molecule has 2 aromatic carbocycles. The maximum Gasteiger partial charge on any atom is 0.416 e. The Balaban J connectivity index is 1.89. The van der Waals surface area contributed by atoms with E-state index in [1.54, 1.807) is 0 Å². The van der Waals surface area contributed by atoms with E-state index >= 15 is 8.78 Å². The highest BCUT2D eigenvalue weighted by atomic mass is 35.5. The fraction of sp³-hybridized carbons (Fsp3) is 0.200. The average molecular weight is 488 g/mol. The second kappa shape index (κ2) is 7.96. The number of aliphatic hydroxyl groups is 1. The molecule has 2 heterocycles. The van der Waals surface area contributed by atoms with Crippen LogP contribution in [0, 0.1) is 5.82 Å². The second-order valence-electron chi connectivity index (χ2n) is 7.17. The summed E-state index contributed by atoms with van der Waals surface area (Å²) in [6.45, 7) is -1.09. The summed E-state index contributed by atoms with van der Waals surface area (Å²) in [4.78, 5) is 3.86. The third-order valence-electron chi connectivity index (χ3n) is 5.02. The lowest BCUT2D eigenvalue weighted by molar-refractivity contribution is -0.207. The first-order valence-corrected chi connectivity index (χ1v) is 9.54. The summed E-state index contributed by atoms with van der Waals surface area (Å²) in [5.41, 5.74) is -6.75. The summed E-state index contributed by atoms with van der Waals surface area (Å²) >= 11 is 5.88. The first kappa shape index (κ1) is 22.9. The van der Waals surface area contributed by atoms with Crippen LogP contribution in [0.3, 0.4) is 0 Å². The first-order valence-electron chi connectivity index (χ1n) is 9.17. The molecule has 0 aliphatic rings. The van der Waals surface area contributed by atoms with Gasteiger partial charge in [0.1, 0.15) is 17.8 Å². The smallest absolute Gasteiger partial charge is 0.377 e. The van der Waals surface area contributed by atoms with Gasteiger partial charge in [-0.25, -0.2) is 14.1 Å². The number of fused-ring (bicyclic) bond motifs is 1. The van der Waals surface area contributed by atoms with Crippen molar-refractivity contribution in [2.45, 2.75) is 24.2 Å². The maximum absolute atomic E-state index is 15.8. The van der Waals surface area contributed by atoms with E-state index in [1.165, 1.54) is 24.3 Å². The van der Waals surface area contributed by atoms with E-state index in [0.717, 1.165) is 12.4 Å². The van der Waals surface area contributed by atoms with Crippen molar-refractivity contribution in [3.8, 4) is 0 Å². The summed E-state index contributed by atoms with van der Waals surface area (Å²) in [7, 11) is 0. The minimum Gasteiger partial charge on any atom is -0.377 e. The molecule has 172 valence electrons. The van der Waals surface area contributed by atoms with Gasteiger partial charge in [0.2, 0.25) is 0 Å². The second-order valence-corrected chi connectivity index (χ2v) is 7.60. The Morgan fingerprint density at radius 3 is 2.36 bits per heavy atom. The van der Waals surface area contributed by atoms with Gasteiger partial charge in [-0.05, 0) is 46.8 Å². The maximum atomic E-state index is 15.8. The number of rotatable bonds is 5. The van der Waals surface area contributed by atoms with Crippen molar-refractivity contribution < 1.29 is 31.4 Å². The number of aromatic nitrogens is 5. The number of pyridine rings is 1. The highest BCUT2D eigenvalue weighted by Gasteiger charge is 2.58. The molecule has 13 heteroatoms. The number of benzene rings is 2. The van der Waals surface area contributed by atoms with Crippen LogP contribution in [0.15, 0.2) is 54.9 Å². The molecule has 33 heavy (non-hydrogen) atoms. The molecule has 0 amide bonds. The van der Waals surface area contributed by atoms with E-state index in [1.807, 2.05) is 0 Å². The molecule has 6 nitrogen and oxygen atoms in total. The third kappa shape index (κ3) is 4.11. The number of hydrogen-bond acceptors (Lipinski definition) is 5. The van der Waals surface area contributed by atoms with Crippen molar-refractivity contribution >= 4 is 22.5 Å². The lowest BCUT2D eigenvalue weighted by Gasteiger charge is -2.36. The molecule has 0 spiro atoms. The highest BCUT2D eigenvalue weighted by molar-refractivity contribution is 6.31. The summed E-state index contributed by atoms with van der Waals surface area (Å²) in [6, 6.07) is 7.34. The van der Waals surface area contributed by atoms with Crippen molar-refractivity contribution in [2.24, 2.45) is 0 Å². The van der Waals surface area contributed by atoms with Gasteiger partial charge in [-0.2, -0.15) is 22.0 Å². The standard InChI is InChI=1S/C20H12ClF6N5O/c21-13-3-5-16-11(7-13)1-6-17(29-16)19(23,24)18(33,9-32-10-28-30-31-32)14-4-2-12(8-15(14)22)20(25,26)27/h1-8,10,33H,9H2. The Morgan fingerprint density at radius 1 is 0.970 bits per heavy atom. The number of nitrogens with zero attached hydrogens (tertiary/aromatic N) is 5. The zero-order chi connectivity index (χ0) is 24.0. The van der Waals surface area contributed by atoms with E-state index < -0.39 is 46.9 Å². The van der Waals surface area contributed by atoms with Gasteiger partial charge >= 0.3 is 12.1 Å². The predicted octanol–water partition coefficient (Wildman–Crippen LogP) is 4.71. The molecule has 2 aromatic heterocycles. The summed E-state index contributed by atoms with van der Waals surface area (Å²) in [5, 5.41) is 21.9. The van der Waals surface area contributed by atoms with E-state index in [4.69, 9.17) is 11.6 Å². The minimum absolute atomic E-state index is 0.0335. The Morgan fingerprint density at radius 2 is 1.73 bits per heavy atom. The SMILES string of the molecule is OC(Cn1cnnn1)(c1ccc(C(F)(F)F)cc1F)C(F)(F)c1ccc2cc(Cl)ccc2n1. The van der Waals surface area contributed by atoms with Crippen molar-refractivity contribution in [3.05, 3.63) is 82.5 Å². The Bertz CT molecular complexity index is 1310. The molecule has 0 aliphatic heterocycles. The summed E-state index contributed by atoms with van der Waals surface area (Å²) in [6.07, 6.45) is -4.03. The quantitative estimate of drug-likeness (QED) is 0.413. The summed E-state index contributed by atoms with van der Waals surface area (Å²) in [5.74, 6) is -5.99. The van der Waals surface area contributed by atoms with Crippen LogP contribution >= 0.6 is 11.6 Å². The van der Waals surface area contributed by atoms with Crippen molar-refractivity contribution in [2.75, 3.05) is 0 Å². The van der Waals surface area contributed by atoms with Crippen LogP contribution in [0.25, 0.3) is 10.9 Å². The summed E-state index contributed by atoms with van der Waals surface area (Å²) < 4.78 is 85.9. The van der Waals surface area contributed by atoms with Crippen LogP contribution in [0.4, 0.5) is 26.3 Å². The lowest BCUT2D eigenvalue weighted by atomic mass is 9.84. The molecule has 1 unspecified atom stereocenters. The Kier molecular flexibility index (Phi) is 5.53. The van der Waals surface area contributed by atoms with Crippen LogP contribution < -0.4 is 0 Å². The van der Waals surface area contributed by atoms with Crippen molar-refractivity contribution in [1.82, 2.24) is 25.2 Å². The van der Waals surface area contributed by atoms with Crippen LogP contribution in [-0.2, 0) is 24.2 Å². The molecule has 0 radical (unpaired) electrons. The van der Waals surface area contributed by atoms with Crippen molar-refractivity contribution in [3.63, 3.8) is 0 Å². The van der Waals surface area contributed by atoms with Gasteiger partial charge < -0.3 is 5.11 Å². The molecule has 1 N–H and O–H groups in total. The monoisotopic (exact) mass is 487 g/mol. The molecule has 4 aromatic rings. The van der Waals surface area contributed by atoms with Crippen LogP contribution in [0.5, 0.6) is 0 Å². The number of tetrazole rings is 1. The van der Waals surface area contributed by atoms with E-state index in [0.29, 0.717) is 27.2 Å². The van der Waals surface area contributed by atoms with E-state index in [-0.39, 0.29) is 11.6 Å². The van der Waals surface area contributed by atoms with Gasteiger partial charge in [-0.3, -0.25) is 0 Å². The van der Waals surface area contributed by atoms with E-state index in [2.05, 4.69) is 20.5 Å². The molecular weight excluding hydrogens is 476 g/mol. The van der Waals surface area contributed by atoms with E-state index in [9.17, 15) is 22.7 Å². The van der Waals surface area contributed by atoms with Crippen LogP contribution in [0.1, 0.15) is 16.8 Å². The highest BCUT2D eigenvalue weighted by Crippen LogP contribution is 2.47. The zero-order valence-electron chi connectivity index (χ0n) is 16.2. The minimum atomic E-state index is -4.92. The molecule has 1 atom stereocenters. The van der Waals surface area contributed by atoms with Gasteiger partial charge in [0.15, 0.2) is 5.60 Å². The van der Waals surface area contributed by atoms with Gasteiger partial charge in [0.05, 0.1) is 17.6 Å².